The van der Waals surface area contributed by atoms with E-state index in [0.717, 1.165) is 31.5 Å². The van der Waals surface area contributed by atoms with Gasteiger partial charge in [0, 0.05) is 45.3 Å². The predicted octanol–water partition coefficient (Wildman–Crippen LogP) is 3.16. The van der Waals surface area contributed by atoms with E-state index in [2.05, 4.69) is 41.3 Å². The van der Waals surface area contributed by atoms with E-state index in [4.69, 9.17) is 4.99 Å². The highest BCUT2D eigenvalue weighted by atomic mass is 127. The molecule has 0 spiro atoms. The smallest absolute Gasteiger partial charge is 0.191 e. The van der Waals surface area contributed by atoms with Gasteiger partial charge in [-0.15, -0.1) is 24.0 Å². The standard InChI is InChI=1S/C20H41N5.HI/c1-4-21-20(22-12-8-11-19-9-6-5-7-10-19)23-17-18(2)25-15-13-24(3)14-16-25;/h18-19H,4-17H2,1-3H3,(H2,21,22,23);1H. The zero-order chi connectivity index (χ0) is 17.9. The summed E-state index contributed by atoms with van der Waals surface area (Å²) >= 11 is 0. The molecule has 0 radical (unpaired) electrons. The molecule has 0 aromatic rings. The number of guanidine groups is 1. The highest BCUT2D eigenvalue weighted by Gasteiger charge is 2.18. The molecule has 6 heteroatoms. The van der Waals surface area contributed by atoms with Crippen molar-refractivity contribution in [2.24, 2.45) is 10.9 Å². The van der Waals surface area contributed by atoms with Crippen LogP contribution in [0.3, 0.4) is 0 Å². The summed E-state index contributed by atoms with van der Waals surface area (Å²) in [7, 11) is 2.21. The molecule has 1 unspecified atom stereocenters. The van der Waals surface area contributed by atoms with Gasteiger partial charge in [-0.2, -0.15) is 0 Å². The molecule has 154 valence electrons. The monoisotopic (exact) mass is 479 g/mol. The van der Waals surface area contributed by atoms with Gasteiger partial charge >= 0.3 is 0 Å². The van der Waals surface area contributed by atoms with Crippen molar-refractivity contribution in [3.63, 3.8) is 0 Å². The van der Waals surface area contributed by atoms with Gasteiger partial charge in [0.1, 0.15) is 0 Å². The van der Waals surface area contributed by atoms with Crippen LogP contribution in [0, 0.1) is 5.92 Å². The number of hydrogen-bond donors (Lipinski definition) is 2. The minimum absolute atomic E-state index is 0. The van der Waals surface area contributed by atoms with Crippen molar-refractivity contribution < 1.29 is 0 Å². The second kappa shape index (κ2) is 14.0. The second-order valence-electron chi connectivity index (χ2n) is 7.98. The first-order chi connectivity index (χ1) is 12.2. The van der Waals surface area contributed by atoms with Gasteiger partial charge in [-0.25, -0.2) is 0 Å². The van der Waals surface area contributed by atoms with Crippen LogP contribution in [0.5, 0.6) is 0 Å². The number of nitrogens with zero attached hydrogens (tertiary/aromatic N) is 3. The zero-order valence-electron chi connectivity index (χ0n) is 17.3. The summed E-state index contributed by atoms with van der Waals surface area (Å²) in [6.07, 6.45) is 9.91. The van der Waals surface area contributed by atoms with E-state index in [0.29, 0.717) is 6.04 Å². The van der Waals surface area contributed by atoms with Crippen LogP contribution in [-0.2, 0) is 0 Å². The molecule has 1 aliphatic heterocycles. The van der Waals surface area contributed by atoms with Crippen molar-refractivity contribution in [1.82, 2.24) is 20.4 Å². The summed E-state index contributed by atoms with van der Waals surface area (Å²) < 4.78 is 0. The van der Waals surface area contributed by atoms with Crippen molar-refractivity contribution in [1.29, 1.82) is 0 Å². The molecule has 1 heterocycles. The van der Waals surface area contributed by atoms with E-state index in [1.54, 1.807) is 0 Å². The molecule has 0 bridgehead atoms. The molecule has 2 aliphatic rings. The van der Waals surface area contributed by atoms with E-state index in [1.165, 1.54) is 71.1 Å². The fourth-order valence-electron chi connectivity index (χ4n) is 4.02. The number of hydrogen-bond acceptors (Lipinski definition) is 3. The average Bonchev–Trinajstić information content (AvgIpc) is 2.64. The Morgan fingerprint density at radius 3 is 2.42 bits per heavy atom. The molecular weight excluding hydrogens is 437 g/mol. The Labute approximate surface area is 178 Å². The molecule has 5 nitrogen and oxygen atoms in total. The summed E-state index contributed by atoms with van der Waals surface area (Å²) in [4.78, 5) is 9.80. The number of halogens is 1. The minimum atomic E-state index is 0. The number of aliphatic imine (C=N–C) groups is 1. The lowest BCUT2D eigenvalue weighted by molar-refractivity contribution is 0.122. The van der Waals surface area contributed by atoms with Crippen LogP contribution in [0.25, 0.3) is 0 Å². The lowest BCUT2D eigenvalue weighted by Gasteiger charge is -2.35. The normalized spacial score (nSPS) is 21.9. The number of rotatable bonds is 8. The van der Waals surface area contributed by atoms with Crippen LogP contribution in [0.1, 0.15) is 58.8 Å². The van der Waals surface area contributed by atoms with E-state index in [-0.39, 0.29) is 24.0 Å². The van der Waals surface area contributed by atoms with Crippen molar-refractivity contribution in [2.45, 2.75) is 64.8 Å². The summed E-state index contributed by atoms with van der Waals surface area (Å²) in [5.74, 6) is 1.97. The maximum Gasteiger partial charge on any atom is 0.191 e. The number of nitrogens with one attached hydrogen (secondary N) is 2. The van der Waals surface area contributed by atoms with Gasteiger partial charge in [0.15, 0.2) is 5.96 Å². The van der Waals surface area contributed by atoms with Gasteiger partial charge in [-0.1, -0.05) is 32.1 Å². The molecule has 26 heavy (non-hydrogen) atoms. The van der Waals surface area contributed by atoms with Crippen LogP contribution >= 0.6 is 24.0 Å². The molecular formula is C20H42IN5. The molecule has 1 atom stereocenters. The first-order valence-corrected chi connectivity index (χ1v) is 10.6. The van der Waals surface area contributed by atoms with Gasteiger partial charge in [0.2, 0.25) is 0 Å². The predicted molar refractivity (Wildman–Crippen MR) is 124 cm³/mol. The van der Waals surface area contributed by atoms with Crippen molar-refractivity contribution in [3.8, 4) is 0 Å². The van der Waals surface area contributed by atoms with Gasteiger partial charge in [-0.3, -0.25) is 9.89 Å². The summed E-state index contributed by atoms with van der Waals surface area (Å²) in [5, 5.41) is 6.94. The van der Waals surface area contributed by atoms with Gasteiger partial charge in [0.05, 0.1) is 6.54 Å². The van der Waals surface area contributed by atoms with Crippen molar-refractivity contribution in [2.75, 3.05) is 52.9 Å². The Hall–Kier alpha value is -0.0800. The quantitative estimate of drug-likeness (QED) is 0.243. The molecule has 2 fully saturated rings. The summed E-state index contributed by atoms with van der Waals surface area (Å²) in [5.41, 5.74) is 0. The highest BCUT2D eigenvalue weighted by Crippen LogP contribution is 2.26. The molecule has 0 amide bonds. The van der Waals surface area contributed by atoms with Crippen LogP contribution in [0.4, 0.5) is 0 Å². The second-order valence-corrected chi connectivity index (χ2v) is 7.98. The zero-order valence-corrected chi connectivity index (χ0v) is 19.6. The third-order valence-electron chi connectivity index (χ3n) is 5.83. The average molecular weight is 479 g/mol. The topological polar surface area (TPSA) is 42.9 Å². The van der Waals surface area contributed by atoms with Crippen LogP contribution < -0.4 is 10.6 Å². The maximum absolute atomic E-state index is 4.83. The molecule has 0 aromatic heterocycles. The molecule has 1 aliphatic carbocycles. The lowest BCUT2D eigenvalue weighted by Crippen LogP contribution is -2.49. The lowest BCUT2D eigenvalue weighted by atomic mass is 9.86. The van der Waals surface area contributed by atoms with Crippen LogP contribution in [0.2, 0.25) is 0 Å². The van der Waals surface area contributed by atoms with Crippen LogP contribution in [-0.4, -0.2) is 74.7 Å². The largest absolute Gasteiger partial charge is 0.357 e. The first kappa shape index (κ1) is 24.0. The number of piperazine rings is 1. The van der Waals surface area contributed by atoms with Crippen LogP contribution in [0.15, 0.2) is 4.99 Å². The third kappa shape index (κ3) is 9.22. The molecule has 1 saturated carbocycles. The highest BCUT2D eigenvalue weighted by molar-refractivity contribution is 14.0. The van der Waals surface area contributed by atoms with Gasteiger partial charge in [0.25, 0.3) is 0 Å². The Morgan fingerprint density at radius 2 is 1.77 bits per heavy atom. The fraction of sp³-hybridized carbons (Fsp3) is 0.950. The maximum atomic E-state index is 4.83. The first-order valence-electron chi connectivity index (χ1n) is 10.6. The van der Waals surface area contributed by atoms with Gasteiger partial charge < -0.3 is 15.5 Å². The molecule has 2 rings (SSSR count). The Balaban J connectivity index is 0.00000338. The fourth-order valence-corrected chi connectivity index (χ4v) is 4.02. The van der Waals surface area contributed by atoms with E-state index in [9.17, 15) is 0 Å². The minimum Gasteiger partial charge on any atom is -0.357 e. The summed E-state index contributed by atoms with van der Waals surface area (Å²) in [6, 6.07) is 0.520. The Bertz CT molecular complexity index is 376. The van der Waals surface area contributed by atoms with E-state index >= 15 is 0 Å². The summed E-state index contributed by atoms with van der Waals surface area (Å²) in [6.45, 7) is 12.0. The molecule has 0 aromatic carbocycles. The number of likely N-dealkylation sites (N-methyl/N-ethyl adjacent to an activating group) is 1. The Morgan fingerprint density at radius 1 is 1.08 bits per heavy atom. The van der Waals surface area contributed by atoms with Crippen molar-refractivity contribution >= 4 is 29.9 Å². The third-order valence-corrected chi connectivity index (χ3v) is 5.83. The van der Waals surface area contributed by atoms with E-state index in [1.807, 2.05) is 0 Å². The molecule has 2 N–H and O–H groups in total. The van der Waals surface area contributed by atoms with Crippen molar-refractivity contribution in [3.05, 3.63) is 0 Å². The van der Waals surface area contributed by atoms with Gasteiger partial charge in [-0.05, 0) is 39.7 Å². The molecule has 1 saturated heterocycles. The Kier molecular flexibility index (Phi) is 12.9. The van der Waals surface area contributed by atoms with E-state index < -0.39 is 0 Å². The SMILES string of the molecule is CCNC(=NCC(C)N1CCN(C)CC1)NCCCC1CCCCC1.I.